The highest BCUT2D eigenvalue weighted by Crippen LogP contribution is 2.28. The van der Waals surface area contributed by atoms with Crippen molar-refractivity contribution in [2.45, 2.75) is 51.2 Å². The fourth-order valence-electron chi connectivity index (χ4n) is 6.18. The average Bonchev–Trinajstić information content (AvgIpc) is 3.14. The van der Waals surface area contributed by atoms with Crippen molar-refractivity contribution in [3.63, 3.8) is 0 Å². The van der Waals surface area contributed by atoms with Gasteiger partial charge in [0.25, 0.3) is 0 Å². The van der Waals surface area contributed by atoms with E-state index < -0.39 is 17.9 Å². The van der Waals surface area contributed by atoms with E-state index in [0.717, 1.165) is 85.4 Å². The molecule has 1 heterocycles. The summed E-state index contributed by atoms with van der Waals surface area (Å²) in [5.74, 6) is -0.357. The van der Waals surface area contributed by atoms with Crippen molar-refractivity contribution in [3.05, 3.63) is 84.4 Å². The highest BCUT2D eigenvalue weighted by molar-refractivity contribution is 6.35. The number of quaternary nitrogens is 1. The Bertz CT molecular complexity index is 1510. The fourth-order valence-corrected chi connectivity index (χ4v) is 6.18. The molecule has 0 aromatic heterocycles. The number of piperidine rings is 1. The lowest BCUT2D eigenvalue weighted by Gasteiger charge is -2.31. The van der Waals surface area contributed by atoms with Crippen LogP contribution < -0.4 is 20.7 Å². The van der Waals surface area contributed by atoms with Crippen LogP contribution in [0.3, 0.4) is 0 Å². The molecule has 0 unspecified atom stereocenters. The maximum Gasteiger partial charge on any atom is 0.411 e. The molecule has 0 saturated carbocycles. The molecule has 1 fully saturated rings. The molecule has 11 heteroatoms. The molecule has 4 rings (SSSR count). The van der Waals surface area contributed by atoms with Gasteiger partial charge in [0, 0.05) is 43.9 Å². The summed E-state index contributed by atoms with van der Waals surface area (Å²) in [5.41, 5.74) is 3.73. The zero-order valence-corrected chi connectivity index (χ0v) is 30.5. The van der Waals surface area contributed by atoms with E-state index in [0.29, 0.717) is 44.8 Å². The summed E-state index contributed by atoms with van der Waals surface area (Å²) in [7, 11) is 5.97. The number of anilines is 1. The first-order valence-electron chi connectivity index (χ1n) is 18.2. The van der Waals surface area contributed by atoms with Crippen molar-refractivity contribution in [2.24, 2.45) is 0 Å². The van der Waals surface area contributed by atoms with Gasteiger partial charge < -0.3 is 34.2 Å². The molecule has 1 aliphatic rings. The number of amides is 3. The van der Waals surface area contributed by atoms with Crippen molar-refractivity contribution >= 4 is 23.6 Å². The third-order valence-electron chi connectivity index (χ3n) is 9.23. The van der Waals surface area contributed by atoms with Gasteiger partial charge >= 0.3 is 17.9 Å². The SMILES string of the molecule is COc1ccccc1COCCCCCC[N+](C)(C)CCNC(=O)C(=O)NCCN1CCC(OC(=O)Nc2ccccc2-c2ccccc2)CC1. The smallest absolute Gasteiger partial charge is 0.411 e. The van der Waals surface area contributed by atoms with Gasteiger partial charge in [-0.1, -0.05) is 73.2 Å². The number of carbonyl (C=O) groups excluding carboxylic acids is 3. The van der Waals surface area contributed by atoms with E-state index in [1.54, 1.807) is 7.11 Å². The van der Waals surface area contributed by atoms with E-state index in [2.05, 4.69) is 34.9 Å². The van der Waals surface area contributed by atoms with Crippen molar-refractivity contribution in [2.75, 3.05) is 78.9 Å². The van der Waals surface area contributed by atoms with Gasteiger partial charge in [-0.15, -0.1) is 0 Å². The number of nitrogens with zero attached hydrogens (tertiary/aromatic N) is 2. The number of benzene rings is 3. The second kappa shape index (κ2) is 21.0. The monoisotopic (exact) mass is 702 g/mol. The molecular weight excluding hydrogens is 646 g/mol. The fraction of sp³-hybridized carbons (Fsp3) is 0.475. The molecule has 0 aliphatic carbocycles. The predicted molar refractivity (Wildman–Crippen MR) is 200 cm³/mol. The summed E-state index contributed by atoms with van der Waals surface area (Å²) < 4.78 is 17.7. The summed E-state index contributed by atoms with van der Waals surface area (Å²) in [6.07, 6.45) is 5.11. The van der Waals surface area contributed by atoms with E-state index in [4.69, 9.17) is 14.2 Å². The number of likely N-dealkylation sites (N-methyl/N-ethyl adjacent to an activating group) is 1. The third kappa shape index (κ3) is 14.0. The van der Waals surface area contributed by atoms with Crippen molar-refractivity contribution in [1.82, 2.24) is 15.5 Å². The number of carbonyl (C=O) groups is 3. The van der Waals surface area contributed by atoms with E-state index in [9.17, 15) is 14.4 Å². The Morgan fingerprint density at radius 2 is 1.45 bits per heavy atom. The molecule has 0 atom stereocenters. The molecule has 11 nitrogen and oxygen atoms in total. The predicted octanol–water partition coefficient (Wildman–Crippen LogP) is 5.46. The molecule has 3 N–H and O–H groups in total. The van der Waals surface area contributed by atoms with Gasteiger partial charge in [0.05, 0.1) is 53.1 Å². The molecular formula is C40H56N5O6+. The number of para-hydroxylation sites is 2. The highest BCUT2D eigenvalue weighted by Gasteiger charge is 2.23. The lowest BCUT2D eigenvalue weighted by molar-refractivity contribution is -0.889. The largest absolute Gasteiger partial charge is 0.496 e. The van der Waals surface area contributed by atoms with E-state index >= 15 is 0 Å². The Balaban J connectivity index is 1.00. The molecule has 0 radical (unpaired) electrons. The van der Waals surface area contributed by atoms with Gasteiger partial charge in [-0.25, -0.2) is 4.79 Å². The van der Waals surface area contributed by atoms with Crippen LogP contribution in [0.15, 0.2) is 78.9 Å². The quantitative estimate of drug-likeness (QED) is 0.0863. The van der Waals surface area contributed by atoms with Crippen molar-refractivity contribution in [3.8, 4) is 16.9 Å². The lowest BCUT2D eigenvalue weighted by atomic mass is 10.0. The van der Waals surface area contributed by atoms with Gasteiger partial charge in [0.2, 0.25) is 0 Å². The van der Waals surface area contributed by atoms with Crippen molar-refractivity contribution in [1.29, 1.82) is 0 Å². The number of methoxy groups -OCH3 is 1. The van der Waals surface area contributed by atoms with Crippen LogP contribution in [0.4, 0.5) is 10.5 Å². The molecule has 0 spiro atoms. The molecule has 51 heavy (non-hydrogen) atoms. The maximum atomic E-state index is 12.7. The summed E-state index contributed by atoms with van der Waals surface area (Å²) in [6.45, 7) is 5.95. The first kappa shape index (κ1) is 39.3. The maximum absolute atomic E-state index is 12.7. The second-order valence-electron chi connectivity index (χ2n) is 13.7. The molecule has 3 aromatic rings. The topological polar surface area (TPSA) is 118 Å². The number of rotatable bonds is 19. The van der Waals surface area contributed by atoms with Gasteiger partial charge in [-0.2, -0.15) is 0 Å². The van der Waals surface area contributed by atoms with Gasteiger partial charge in [-0.05, 0) is 49.8 Å². The first-order chi connectivity index (χ1) is 24.7. The number of likely N-dealkylation sites (tertiary alicyclic amines) is 1. The number of hydrogen-bond donors (Lipinski definition) is 3. The molecule has 3 aromatic carbocycles. The zero-order chi connectivity index (χ0) is 36.3. The summed E-state index contributed by atoms with van der Waals surface area (Å²) in [4.78, 5) is 39.7. The summed E-state index contributed by atoms with van der Waals surface area (Å²) in [6, 6.07) is 25.5. The lowest BCUT2D eigenvalue weighted by Crippen LogP contribution is -2.49. The standard InChI is InChI=1S/C40H55N5O6/c1-45(2,28-13-4-5-14-30-50-31-33-17-9-12-20-37(33)49-3)29-24-42-39(47)38(46)41-23-27-44-25-21-34(22-26-44)51-40(48)43-36-19-11-10-18-35(36)32-15-7-6-8-16-32/h6-12,15-20,34H,4-5,13-14,21-31H2,1-3H3,(H2-,41,42,43,46,47,48)/p+1. The summed E-state index contributed by atoms with van der Waals surface area (Å²) >= 11 is 0. The Labute approximate surface area is 303 Å². The highest BCUT2D eigenvalue weighted by atomic mass is 16.6. The average molecular weight is 703 g/mol. The Kier molecular flexibility index (Phi) is 16.2. The van der Waals surface area contributed by atoms with Crippen LogP contribution in [0.25, 0.3) is 11.1 Å². The Morgan fingerprint density at radius 1 is 0.784 bits per heavy atom. The van der Waals surface area contributed by atoms with Crippen LogP contribution in [0.2, 0.25) is 0 Å². The Morgan fingerprint density at radius 3 is 2.22 bits per heavy atom. The molecule has 1 aliphatic heterocycles. The number of hydrogen-bond acceptors (Lipinski definition) is 7. The van der Waals surface area contributed by atoms with Crippen LogP contribution in [0, 0.1) is 0 Å². The van der Waals surface area contributed by atoms with Gasteiger partial charge in [-0.3, -0.25) is 14.9 Å². The normalized spacial score (nSPS) is 13.7. The molecule has 3 amide bonds. The second-order valence-corrected chi connectivity index (χ2v) is 13.7. The van der Waals surface area contributed by atoms with E-state index in [1.807, 2.05) is 78.9 Å². The minimum atomic E-state index is -0.612. The number of ether oxygens (including phenoxy) is 3. The molecule has 1 saturated heterocycles. The molecule has 0 bridgehead atoms. The first-order valence-corrected chi connectivity index (χ1v) is 18.2. The Hall–Kier alpha value is -4.45. The minimum absolute atomic E-state index is 0.177. The van der Waals surface area contributed by atoms with Crippen LogP contribution >= 0.6 is 0 Å². The zero-order valence-electron chi connectivity index (χ0n) is 30.5. The van der Waals surface area contributed by atoms with E-state index in [1.165, 1.54) is 0 Å². The third-order valence-corrected chi connectivity index (χ3v) is 9.23. The van der Waals surface area contributed by atoms with Crippen LogP contribution in [-0.4, -0.2) is 107 Å². The van der Waals surface area contributed by atoms with Crippen LogP contribution in [-0.2, 0) is 25.7 Å². The van der Waals surface area contributed by atoms with Gasteiger partial charge in [0.1, 0.15) is 11.9 Å². The minimum Gasteiger partial charge on any atom is -0.496 e. The van der Waals surface area contributed by atoms with Crippen LogP contribution in [0.1, 0.15) is 44.1 Å². The van der Waals surface area contributed by atoms with E-state index in [-0.39, 0.29) is 6.10 Å². The number of nitrogens with one attached hydrogen (secondary N) is 3. The summed E-state index contributed by atoms with van der Waals surface area (Å²) in [5, 5.41) is 8.41. The van der Waals surface area contributed by atoms with Gasteiger partial charge in [0.15, 0.2) is 0 Å². The van der Waals surface area contributed by atoms with Crippen molar-refractivity contribution < 1.29 is 33.1 Å². The number of unbranched alkanes of at least 4 members (excludes halogenated alkanes) is 3. The molecule has 276 valence electrons. The van der Waals surface area contributed by atoms with Crippen LogP contribution in [0.5, 0.6) is 5.75 Å².